The van der Waals surface area contributed by atoms with Gasteiger partial charge in [0.2, 0.25) is 6.79 Å². The molecule has 7 heteroatoms. The van der Waals surface area contributed by atoms with Crippen LogP contribution in [0.15, 0.2) is 23.2 Å². The predicted molar refractivity (Wildman–Crippen MR) is 99.4 cm³/mol. The Morgan fingerprint density at radius 2 is 2.08 bits per heavy atom. The van der Waals surface area contributed by atoms with E-state index in [-0.39, 0.29) is 0 Å². The van der Waals surface area contributed by atoms with Crippen LogP contribution in [0, 0.1) is 0 Å². The molecule has 7 nitrogen and oxygen atoms in total. The van der Waals surface area contributed by atoms with Crippen LogP contribution in [0.25, 0.3) is 0 Å². The predicted octanol–water partition coefficient (Wildman–Crippen LogP) is 1.44. The lowest BCUT2D eigenvalue weighted by Crippen LogP contribution is -2.38. The molecule has 0 unspecified atom stereocenters. The average Bonchev–Trinajstić information content (AvgIpc) is 3.09. The zero-order chi connectivity index (χ0) is 17.9. The van der Waals surface area contributed by atoms with Crippen LogP contribution in [0.4, 0.5) is 0 Å². The minimum Gasteiger partial charge on any atom is -0.454 e. The van der Waals surface area contributed by atoms with Crippen molar-refractivity contribution in [3.63, 3.8) is 0 Å². The summed E-state index contributed by atoms with van der Waals surface area (Å²) in [6.45, 7) is 7.42. The van der Waals surface area contributed by atoms with Gasteiger partial charge in [0.1, 0.15) is 0 Å². The van der Waals surface area contributed by atoms with E-state index in [0.717, 1.165) is 62.2 Å². The Labute approximate surface area is 150 Å². The molecule has 1 aliphatic rings. The number of aliphatic imine (C=N–C) groups is 1. The SMILES string of the molecule is CCNC(=NCc1ccc2c(c1)OCO2)NCCCN(C)CCOC. The normalized spacial score (nSPS) is 13.4. The molecule has 0 amide bonds. The number of likely N-dealkylation sites (N-methyl/N-ethyl adjacent to an activating group) is 1. The highest BCUT2D eigenvalue weighted by molar-refractivity contribution is 5.79. The molecule has 0 saturated carbocycles. The summed E-state index contributed by atoms with van der Waals surface area (Å²) in [6.07, 6.45) is 1.05. The molecule has 0 saturated heterocycles. The molecule has 0 aliphatic carbocycles. The summed E-state index contributed by atoms with van der Waals surface area (Å²) in [5.41, 5.74) is 1.10. The molecule has 1 aliphatic heterocycles. The van der Waals surface area contributed by atoms with Crippen molar-refractivity contribution in [2.75, 3.05) is 53.7 Å². The van der Waals surface area contributed by atoms with Crippen LogP contribution in [0.5, 0.6) is 11.5 Å². The van der Waals surface area contributed by atoms with E-state index in [1.807, 2.05) is 18.2 Å². The number of nitrogens with one attached hydrogen (secondary N) is 2. The Morgan fingerprint density at radius 1 is 1.24 bits per heavy atom. The second-order valence-electron chi connectivity index (χ2n) is 5.96. The highest BCUT2D eigenvalue weighted by Gasteiger charge is 2.12. The molecule has 2 N–H and O–H groups in total. The lowest BCUT2D eigenvalue weighted by Gasteiger charge is -2.17. The molecule has 0 spiro atoms. The minimum absolute atomic E-state index is 0.297. The van der Waals surface area contributed by atoms with Crippen molar-refractivity contribution in [3.8, 4) is 11.5 Å². The summed E-state index contributed by atoms with van der Waals surface area (Å²) in [5.74, 6) is 2.43. The second-order valence-corrected chi connectivity index (χ2v) is 5.96. The van der Waals surface area contributed by atoms with Gasteiger partial charge in [-0.2, -0.15) is 0 Å². The van der Waals surface area contributed by atoms with Crippen LogP contribution in [-0.4, -0.2) is 64.6 Å². The number of benzene rings is 1. The number of guanidine groups is 1. The molecule has 1 heterocycles. The summed E-state index contributed by atoms with van der Waals surface area (Å²) < 4.78 is 15.8. The van der Waals surface area contributed by atoms with Crippen LogP contribution >= 0.6 is 0 Å². The number of rotatable bonds is 10. The fourth-order valence-electron chi connectivity index (χ4n) is 2.47. The van der Waals surface area contributed by atoms with Gasteiger partial charge in [0.25, 0.3) is 0 Å². The Bertz CT molecular complexity index is 551. The zero-order valence-electron chi connectivity index (χ0n) is 15.5. The molecule has 140 valence electrons. The summed E-state index contributed by atoms with van der Waals surface area (Å²) >= 11 is 0. The van der Waals surface area contributed by atoms with Gasteiger partial charge < -0.3 is 29.7 Å². The fraction of sp³-hybridized carbons (Fsp3) is 0.611. The number of methoxy groups -OCH3 is 1. The molecular weight excluding hydrogens is 320 g/mol. The molecule has 2 rings (SSSR count). The smallest absolute Gasteiger partial charge is 0.231 e. The van der Waals surface area contributed by atoms with Crippen molar-refractivity contribution < 1.29 is 14.2 Å². The molecule has 0 bridgehead atoms. The van der Waals surface area contributed by atoms with Gasteiger partial charge in [-0.15, -0.1) is 0 Å². The quantitative estimate of drug-likeness (QED) is 0.378. The third-order valence-corrected chi connectivity index (χ3v) is 3.89. The summed E-state index contributed by atoms with van der Waals surface area (Å²) in [5, 5.41) is 6.66. The number of hydrogen-bond donors (Lipinski definition) is 2. The van der Waals surface area contributed by atoms with Gasteiger partial charge in [0, 0.05) is 26.7 Å². The van der Waals surface area contributed by atoms with E-state index >= 15 is 0 Å². The van der Waals surface area contributed by atoms with E-state index in [1.54, 1.807) is 7.11 Å². The van der Waals surface area contributed by atoms with Gasteiger partial charge in [0.15, 0.2) is 17.5 Å². The molecule has 0 radical (unpaired) electrons. The van der Waals surface area contributed by atoms with Gasteiger partial charge in [0.05, 0.1) is 13.2 Å². The third-order valence-electron chi connectivity index (χ3n) is 3.89. The lowest BCUT2D eigenvalue weighted by molar-refractivity contribution is 0.161. The van der Waals surface area contributed by atoms with Crippen LogP contribution in [0.3, 0.4) is 0 Å². The van der Waals surface area contributed by atoms with Gasteiger partial charge in [-0.1, -0.05) is 6.07 Å². The van der Waals surface area contributed by atoms with E-state index < -0.39 is 0 Å². The maximum atomic E-state index is 5.41. The molecule has 1 aromatic carbocycles. The van der Waals surface area contributed by atoms with E-state index in [0.29, 0.717) is 13.3 Å². The standard InChI is InChI=1S/C18H30N4O3/c1-4-19-18(20-8-5-9-22(2)10-11-23-3)21-13-15-6-7-16-17(12-15)25-14-24-16/h6-7,12H,4-5,8-11,13-14H2,1-3H3,(H2,19,20,21). The zero-order valence-corrected chi connectivity index (χ0v) is 15.5. The molecule has 0 aromatic heterocycles. The molecule has 0 fully saturated rings. The third kappa shape index (κ3) is 6.80. The van der Waals surface area contributed by atoms with Gasteiger partial charge in [-0.05, 0) is 44.6 Å². The fourth-order valence-corrected chi connectivity index (χ4v) is 2.47. The first kappa shape index (κ1) is 19.3. The summed E-state index contributed by atoms with van der Waals surface area (Å²) in [7, 11) is 3.84. The van der Waals surface area contributed by atoms with Gasteiger partial charge >= 0.3 is 0 Å². The highest BCUT2D eigenvalue weighted by atomic mass is 16.7. The molecule has 25 heavy (non-hydrogen) atoms. The summed E-state index contributed by atoms with van der Waals surface area (Å²) in [6, 6.07) is 5.94. The van der Waals surface area contributed by atoms with Crippen LogP contribution < -0.4 is 20.1 Å². The van der Waals surface area contributed by atoms with E-state index in [1.165, 1.54) is 0 Å². The first-order valence-corrected chi connectivity index (χ1v) is 8.81. The van der Waals surface area contributed by atoms with Crippen molar-refractivity contribution in [3.05, 3.63) is 23.8 Å². The van der Waals surface area contributed by atoms with Gasteiger partial charge in [-0.25, -0.2) is 4.99 Å². The van der Waals surface area contributed by atoms with Crippen LogP contribution in [-0.2, 0) is 11.3 Å². The minimum atomic E-state index is 0.297. The van der Waals surface area contributed by atoms with Crippen molar-refractivity contribution in [2.45, 2.75) is 19.9 Å². The largest absolute Gasteiger partial charge is 0.454 e. The molecule has 0 atom stereocenters. The van der Waals surface area contributed by atoms with Crippen LogP contribution in [0.2, 0.25) is 0 Å². The van der Waals surface area contributed by atoms with Crippen molar-refractivity contribution in [1.29, 1.82) is 0 Å². The Hall–Kier alpha value is -1.99. The molecular formula is C18H30N4O3. The number of fused-ring (bicyclic) bond motifs is 1. The first-order valence-electron chi connectivity index (χ1n) is 8.81. The highest BCUT2D eigenvalue weighted by Crippen LogP contribution is 2.32. The Kier molecular flexibility index (Phi) is 8.34. The van der Waals surface area contributed by atoms with Crippen molar-refractivity contribution in [1.82, 2.24) is 15.5 Å². The van der Waals surface area contributed by atoms with E-state index in [9.17, 15) is 0 Å². The van der Waals surface area contributed by atoms with Crippen molar-refractivity contribution in [2.24, 2.45) is 4.99 Å². The maximum Gasteiger partial charge on any atom is 0.231 e. The monoisotopic (exact) mass is 350 g/mol. The second kappa shape index (κ2) is 10.8. The topological polar surface area (TPSA) is 67.4 Å². The van der Waals surface area contributed by atoms with Crippen LogP contribution in [0.1, 0.15) is 18.9 Å². The molecule has 1 aromatic rings. The van der Waals surface area contributed by atoms with Crippen molar-refractivity contribution >= 4 is 5.96 Å². The Morgan fingerprint density at radius 3 is 2.88 bits per heavy atom. The average molecular weight is 350 g/mol. The van der Waals surface area contributed by atoms with E-state index in [2.05, 4.69) is 34.5 Å². The summed E-state index contributed by atoms with van der Waals surface area (Å²) in [4.78, 5) is 6.91. The maximum absolute atomic E-state index is 5.41. The van der Waals surface area contributed by atoms with Gasteiger partial charge in [-0.3, -0.25) is 0 Å². The first-order chi connectivity index (χ1) is 12.2. The number of nitrogens with zero attached hydrogens (tertiary/aromatic N) is 2. The Balaban J connectivity index is 1.76. The number of hydrogen-bond acceptors (Lipinski definition) is 5. The van der Waals surface area contributed by atoms with E-state index in [4.69, 9.17) is 14.2 Å². The number of ether oxygens (including phenoxy) is 3. The lowest BCUT2D eigenvalue weighted by atomic mass is 10.2.